The molecule has 114 valence electrons. The number of nitrogen functional groups attached to an aromatic ring is 1. The Morgan fingerprint density at radius 3 is 2.86 bits per heavy atom. The molecule has 3 N–H and O–H groups in total. The van der Waals surface area contributed by atoms with E-state index >= 15 is 0 Å². The van der Waals surface area contributed by atoms with Gasteiger partial charge in [-0.15, -0.1) is 11.8 Å². The smallest absolute Gasteiger partial charge is 0.0321 e. The van der Waals surface area contributed by atoms with Crippen LogP contribution in [-0.2, 0) is 0 Å². The highest BCUT2D eigenvalue weighted by Crippen LogP contribution is 2.44. The van der Waals surface area contributed by atoms with Gasteiger partial charge >= 0.3 is 0 Å². The quantitative estimate of drug-likeness (QED) is 0.622. The molecule has 0 aromatic heterocycles. The Morgan fingerprint density at radius 1 is 1.14 bits per heavy atom. The van der Waals surface area contributed by atoms with Gasteiger partial charge in [0.2, 0.25) is 0 Å². The summed E-state index contributed by atoms with van der Waals surface area (Å²) in [5.41, 5.74) is 9.38. The van der Waals surface area contributed by atoms with E-state index in [0.717, 1.165) is 24.5 Å². The Morgan fingerprint density at radius 2 is 2.00 bits per heavy atom. The number of rotatable bonds is 5. The lowest BCUT2D eigenvalue weighted by molar-refractivity contribution is 0.769. The zero-order valence-corrected chi connectivity index (χ0v) is 14.3. The summed E-state index contributed by atoms with van der Waals surface area (Å²) in [5.74, 6) is 1.06. The first-order valence-electron chi connectivity index (χ1n) is 7.50. The second-order valence-corrected chi connectivity index (χ2v) is 7.33. The SMILES string of the molecule is CCNCCSC1=Cc2ccccc2Sc2ccc(N)cc21. The normalized spacial score (nSPS) is 13.0. The molecule has 1 aliphatic rings. The minimum absolute atomic E-state index is 0.823. The minimum Gasteiger partial charge on any atom is -0.399 e. The van der Waals surface area contributed by atoms with Gasteiger partial charge in [0.25, 0.3) is 0 Å². The highest BCUT2D eigenvalue weighted by molar-refractivity contribution is 8.08. The summed E-state index contributed by atoms with van der Waals surface area (Å²) in [6.45, 7) is 4.17. The lowest BCUT2D eigenvalue weighted by Crippen LogP contribution is -2.15. The van der Waals surface area contributed by atoms with Gasteiger partial charge in [0.05, 0.1) is 0 Å². The average molecular weight is 329 g/mol. The molecule has 2 aromatic rings. The third-order valence-corrected chi connectivity index (χ3v) is 5.71. The molecule has 1 aliphatic heterocycles. The van der Waals surface area contributed by atoms with E-state index in [-0.39, 0.29) is 0 Å². The molecule has 0 spiro atoms. The van der Waals surface area contributed by atoms with Crippen molar-refractivity contribution >= 4 is 40.2 Å². The van der Waals surface area contributed by atoms with E-state index in [1.807, 2.05) is 29.6 Å². The van der Waals surface area contributed by atoms with E-state index in [2.05, 4.69) is 54.7 Å². The average Bonchev–Trinajstić information content (AvgIpc) is 2.68. The third kappa shape index (κ3) is 3.51. The fraction of sp³-hybridized carbons (Fsp3) is 0.222. The van der Waals surface area contributed by atoms with Gasteiger partial charge in [-0.3, -0.25) is 0 Å². The van der Waals surface area contributed by atoms with Crippen LogP contribution in [0.5, 0.6) is 0 Å². The first-order valence-corrected chi connectivity index (χ1v) is 9.30. The summed E-state index contributed by atoms with van der Waals surface area (Å²) in [6, 6.07) is 14.8. The number of hydrogen-bond acceptors (Lipinski definition) is 4. The van der Waals surface area contributed by atoms with Crippen molar-refractivity contribution in [2.75, 3.05) is 24.6 Å². The summed E-state index contributed by atoms with van der Waals surface area (Å²) in [6.07, 6.45) is 2.30. The molecule has 2 nitrogen and oxygen atoms in total. The summed E-state index contributed by atoms with van der Waals surface area (Å²) in [4.78, 5) is 3.88. The van der Waals surface area contributed by atoms with Crippen molar-refractivity contribution < 1.29 is 0 Å². The van der Waals surface area contributed by atoms with Gasteiger partial charge in [0.1, 0.15) is 0 Å². The number of nitrogens with one attached hydrogen (secondary N) is 1. The topological polar surface area (TPSA) is 38.0 Å². The van der Waals surface area contributed by atoms with E-state index in [1.54, 1.807) is 0 Å². The van der Waals surface area contributed by atoms with Crippen LogP contribution in [0.1, 0.15) is 18.1 Å². The van der Waals surface area contributed by atoms with E-state index < -0.39 is 0 Å². The van der Waals surface area contributed by atoms with Crippen molar-refractivity contribution in [1.82, 2.24) is 5.32 Å². The Bertz CT molecular complexity index is 695. The lowest BCUT2D eigenvalue weighted by atomic mass is 10.1. The molecule has 2 aromatic carbocycles. The maximum absolute atomic E-state index is 6.02. The highest BCUT2D eigenvalue weighted by Gasteiger charge is 2.16. The summed E-state index contributed by atoms with van der Waals surface area (Å²) in [5, 5.41) is 3.38. The second kappa shape index (κ2) is 7.27. The van der Waals surface area contributed by atoms with Crippen LogP contribution in [-0.4, -0.2) is 18.8 Å². The largest absolute Gasteiger partial charge is 0.399 e. The Labute approximate surface area is 140 Å². The van der Waals surface area contributed by atoms with Crippen LogP contribution >= 0.6 is 23.5 Å². The van der Waals surface area contributed by atoms with Crippen LogP contribution in [0.2, 0.25) is 0 Å². The van der Waals surface area contributed by atoms with Gasteiger partial charge in [0, 0.05) is 38.2 Å². The zero-order valence-electron chi connectivity index (χ0n) is 12.6. The number of hydrogen-bond donors (Lipinski definition) is 2. The van der Waals surface area contributed by atoms with E-state index in [1.165, 1.54) is 25.8 Å². The molecule has 0 radical (unpaired) electrons. The molecule has 0 fully saturated rings. The summed E-state index contributed by atoms with van der Waals surface area (Å²) < 4.78 is 0. The van der Waals surface area contributed by atoms with Crippen molar-refractivity contribution in [2.45, 2.75) is 16.7 Å². The maximum Gasteiger partial charge on any atom is 0.0321 e. The van der Waals surface area contributed by atoms with Gasteiger partial charge in [-0.2, -0.15) is 0 Å². The highest BCUT2D eigenvalue weighted by atomic mass is 32.2. The molecule has 0 unspecified atom stereocenters. The van der Waals surface area contributed by atoms with Crippen molar-refractivity contribution in [3.63, 3.8) is 0 Å². The number of benzene rings is 2. The first-order chi connectivity index (χ1) is 10.8. The van der Waals surface area contributed by atoms with Crippen LogP contribution in [0.25, 0.3) is 11.0 Å². The predicted octanol–water partition coefficient (Wildman–Crippen LogP) is 4.57. The Balaban J connectivity index is 1.97. The fourth-order valence-electron chi connectivity index (χ4n) is 2.39. The Hall–Kier alpha value is -1.36. The first kappa shape index (κ1) is 15.5. The maximum atomic E-state index is 6.02. The molecule has 0 atom stereocenters. The molecule has 1 heterocycles. The molecular formula is C18H20N2S2. The predicted molar refractivity (Wildman–Crippen MR) is 100 cm³/mol. The molecule has 3 rings (SSSR count). The molecule has 0 saturated heterocycles. The minimum atomic E-state index is 0.823. The second-order valence-electron chi connectivity index (χ2n) is 5.11. The third-order valence-electron chi connectivity index (χ3n) is 3.48. The fourth-order valence-corrected chi connectivity index (χ4v) is 4.50. The van der Waals surface area contributed by atoms with Crippen molar-refractivity contribution in [3.8, 4) is 0 Å². The van der Waals surface area contributed by atoms with Gasteiger partial charge in [-0.1, -0.05) is 36.9 Å². The van der Waals surface area contributed by atoms with Gasteiger partial charge in [-0.05, 0) is 42.4 Å². The van der Waals surface area contributed by atoms with Crippen molar-refractivity contribution in [2.24, 2.45) is 0 Å². The van der Waals surface area contributed by atoms with Crippen LogP contribution < -0.4 is 11.1 Å². The molecule has 0 bridgehead atoms. The van der Waals surface area contributed by atoms with Gasteiger partial charge in [-0.25, -0.2) is 0 Å². The van der Waals surface area contributed by atoms with Crippen molar-refractivity contribution in [3.05, 3.63) is 53.6 Å². The molecule has 22 heavy (non-hydrogen) atoms. The Kier molecular flexibility index (Phi) is 5.13. The zero-order chi connectivity index (χ0) is 15.4. The van der Waals surface area contributed by atoms with Crippen LogP contribution in [0.4, 0.5) is 5.69 Å². The van der Waals surface area contributed by atoms with E-state index in [0.29, 0.717) is 0 Å². The van der Waals surface area contributed by atoms with E-state index in [9.17, 15) is 0 Å². The molecular weight excluding hydrogens is 308 g/mol. The van der Waals surface area contributed by atoms with Gasteiger partial charge in [0.15, 0.2) is 0 Å². The molecule has 4 heteroatoms. The number of fused-ring (bicyclic) bond motifs is 2. The standard InChI is InChI=1S/C18H20N2S2/c1-2-20-9-10-21-18-11-13-5-3-4-6-16(13)22-17-8-7-14(19)12-15(17)18/h3-8,11-12,20H,2,9-10,19H2,1H3. The van der Waals surface area contributed by atoms with E-state index in [4.69, 9.17) is 5.73 Å². The summed E-state index contributed by atoms with van der Waals surface area (Å²) in [7, 11) is 0. The molecule has 0 aliphatic carbocycles. The molecule has 0 saturated carbocycles. The number of anilines is 1. The summed E-state index contributed by atoms with van der Waals surface area (Å²) >= 11 is 3.72. The van der Waals surface area contributed by atoms with Crippen molar-refractivity contribution in [1.29, 1.82) is 0 Å². The van der Waals surface area contributed by atoms with Crippen LogP contribution in [0.3, 0.4) is 0 Å². The number of nitrogens with two attached hydrogens (primary N) is 1. The lowest BCUT2D eigenvalue weighted by Gasteiger charge is -2.11. The molecule has 0 amide bonds. The van der Waals surface area contributed by atoms with Crippen LogP contribution in [0.15, 0.2) is 52.3 Å². The number of thioether (sulfide) groups is 1. The van der Waals surface area contributed by atoms with Gasteiger partial charge < -0.3 is 11.1 Å². The monoisotopic (exact) mass is 328 g/mol. The van der Waals surface area contributed by atoms with Crippen LogP contribution in [0, 0.1) is 0 Å².